The van der Waals surface area contributed by atoms with Crippen molar-refractivity contribution in [2.45, 2.75) is 18.7 Å². The number of ether oxygens (including phenoxy) is 1. The fourth-order valence-electron chi connectivity index (χ4n) is 1.88. The number of nitrogen functional groups attached to an aromatic ring is 1. The number of esters is 1. The Labute approximate surface area is 143 Å². The summed E-state index contributed by atoms with van der Waals surface area (Å²) in [6.07, 6.45) is 0. The van der Waals surface area contributed by atoms with Crippen molar-refractivity contribution in [3.8, 4) is 0 Å². The van der Waals surface area contributed by atoms with E-state index < -0.39 is 5.97 Å². The van der Waals surface area contributed by atoms with Gasteiger partial charge in [0, 0.05) is 17.2 Å². The average Bonchev–Trinajstić information content (AvgIpc) is 2.90. The summed E-state index contributed by atoms with van der Waals surface area (Å²) in [7, 11) is 0. The minimum Gasteiger partial charge on any atom is -0.452 e. The van der Waals surface area contributed by atoms with Gasteiger partial charge in [0.1, 0.15) is 5.56 Å². The van der Waals surface area contributed by atoms with E-state index >= 15 is 0 Å². The third-order valence-electron chi connectivity index (χ3n) is 3.14. The molecule has 7 nitrogen and oxygen atoms in total. The number of carbonyl (C=O) groups is 2. The van der Waals surface area contributed by atoms with Gasteiger partial charge in [-0.05, 0) is 26.0 Å². The number of amides is 1. The number of nitrogens with one attached hydrogen (secondary N) is 1. The molecule has 0 aliphatic rings. The summed E-state index contributed by atoms with van der Waals surface area (Å²) in [6.45, 7) is 3.70. The zero-order valence-electron chi connectivity index (χ0n) is 13.5. The maximum Gasteiger partial charge on any atom is 0.346 e. The molecule has 1 aromatic carbocycles. The second-order valence-corrected chi connectivity index (χ2v) is 6.26. The van der Waals surface area contributed by atoms with Crippen LogP contribution in [0.15, 0.2) is 33.7 Å². The molecule has 0 radical (unpaired) electrons. The average molecular weight is 349 g/mol. The van der Waals surface area contributed by atoms with E-state index in [9.17, 15) is 9.59 Å². The predicted octanol–water partition coefficient (Wildman–Crippen LogP) is 1.94. The number of benzene rings is 1. The van der Waals surface area contributed by atoms with Crippen molar-refractivity contribution in [2.75, 3.05) is 24.6 Å². The molecule has 0 saturated carbocycles. The Morgan fingerprint density at radius 2 is 2.00 bits per heavy atom. The van der Waals surface area contributed by atoms with Crippen LogP contribution in [0.4, 0.5) is 5.88 Å². The largest absolute Gasteiger partial charge is 0.452 e. The molecule has 0 unspecified atom stereocenters. The number of thioether (sulfide) groups is 1. The minimum atomic E-state index is -0.726. The molecular formula is C16H19N3O4S. The number of rotatable bonds is 7. The molecule has 0 saturated heterocycles. The van der Waals surface area contributed by atoms with E-state index in [1.54, 1.807) is 18.7 Å². The van der Waals surface area contributed by atoms with Crippen molar-refractivity contribution in [3.63, 3.8) is 0 Å². The van der Waals surface area contributed by atoms with Gasteiger partial charge in [0.05, 0.1) is 5.69 Å². The molecule has 0 bridgehead atoms. The molecular weight excluding hydrogens is 330 g/mol. The van der Waals surface area contributed by atoms with Crippen molar-refractivity contribution in [1.82, 2.24) is 10.5 Å². The topological polar surface area (TPSA) is 107 Å². The van der Waals surface area contributed by atoms with Gasteiger partial charge in [-0.2, -0.15) is 0 Å². The Morgan fingerprint density at radius 3 is 2.62 bits per heavy atom. The molecule has 1 aromatic heterocycles. The Bertz CT molecular complexity index is 693. The van der Waals surface area contributed by atoms with Crippen LogP contribution in [0.25, 0.3) is 0 Å². The molecule has 2 aromatic rings. The van der Waals surface area contributed by atoms with Crippen LogP contribution in [-0.4, -0.2) is 35.9 Å². The summed E-state index contributed by atoms with van der Waals surface area (Å²) >= 11 is 1.64. The highest BCUT2D eigenvalue weighted by molar-refractivity contribution is 7.99. The molecule has 0 fully saturated rings. The normalized spacial score (nSPS) is 10.4. The lowest BCUT2D eigenvalue weighted by atomic mass is 10.2. The van der Waals surface area contributed by atoms with Gasteiger partial charge >= 0.3 is 5.97 Å². The van der Waals surface area contributed by atoms with E-state index in [0.29, 0.717) is 12.2 Å². The van der Waals surface area contributed by atoms with E-state index in [1.165, 1.54) is 5.56 Å². The number of aryl methyl sites for hydroxylation is 2. The Morgan fingerprint density at radius 1 is 1.29 bits per heavy atom. The van der Waals surface area contributed by atoms with Gasteiger partial charge in [0.25, 0.3) is 5.91 Å². The smallest absolute Gasteiger partial charge is 0.346 e. The van der Waals surface area contributed by atoms with Crippen LogP contribution in [-0.2, 0) is 9.53 Å². The molecule has 0 aliphatic carbocycles. The summed E-state index contributed by atoms with van der Waals surface area (Å²) in [5.74, 6) is -0.496. The van der Waals surface area contributed by atoms with Gasteiger partial charge in [-0.3, -0.25) is 4.79 Å². The molecule has 1 heterocycles. The van der Waals surface area contributed by atoms with Gasteiger partial charge in [-0.15, -0.1) is 11.8 Å². The first-order valence-electron chi connectivity index (χ1n) is 7.32. The van der Waals surface area contributed by atoms with Gasteiger partial charge in [0.15, 0.2) is 6.61 Å². The van der Waals surface area contributed by atoms with Crippen LogP contribution in [0.1, 0.15) is 21.6 Å². The first kappa shape index (κ1) is 17.9. The van der Waals surface area contributed by atoms with Crippen LogP contribution in [0.5, 0.6) is 0 Å². The number of aromatic nitrogens is 1. The first-order chi connectivity index (χ1) is 11.5. The monoisotopic (exact) mass is 349 g/mol. The lowest BCUT2D eigenvalue weighted by Gasteiger charge is -2.06. The first-order valence-corrected chi connectivity index (χ1v) is 8.31. The van der Waals surface area contributed by atoms with E-state index in [0.717, 1.165) is 10.6 Å². The minimum absolute atomic E-state index is 0.0535. The van der Waals surface area contributed by atoms with Gasteiger partial charge in [0.2, 0.25) is 5.88 Å². The number of anilines is 1. The zero-order chi connectivity index (χ0) is 17.5. The molecule has 128 valence electrons. The van der Waals surface area contributed by atoms with Gasteiger partial charge < -0.3 is 20.3 Å². The van der Waals surface area contributed by atoms with E-state index in [4.69, 9.17) is 10.5 Å². The van der Waals surface area contributed by atoms with Crippen LogP contribution in [0, 0.1) is 13.8 Å². The predicted molar refractivity (Wildman–Crippen MR) is 90.8 cm³/mol. The number of nitrogens with two attached hydrogens (primary N) is 1. The summed E-state index contributed by atoms with van der Waals surface area (Å²) in [6, 6.07) is 8.15. The molecule has 0 spiro atoms. The number of carbonyl (C=O) groups excluding carboxylic acids is 2. The van der Waals surface area contributed by atoms with Crippen LogP contribution >= 0.6 is 11.8 Å². The molecule has 1 amide bonds. The molecule has 24 heavy (non-hydrogen) atoms. The standard InChI is InChI=1S/C16H19N3O4S/c1-10-3-5-12(6-4-10)24-8-7-18-13(20)9-22-16(21)14-11(2)19-23-15(14)17/h3-6H,7-9,17H2,1-2H3,(H,18,20). The number of nitrogens with zero attached hydrogens (tertiary/aromatic N) is 1. The summed E-state index contributed by atoms with van der Waals surface area (Å²) < 4.78 is 9.58. The summed E-state index contributed by atoms with van der Waals surface area (Å²) in [4.78, 5) is 24.6. The number of hydrogen-bond acceptors (Lipinski definition) is 7. The second-order valence-electron chi connectivity index (χ2n) is 5.09. The lowest BCUT2D eigenvalue weighted by Crippen LogP contribution is -2.30. The maximum atomic E-state index is 11.8. The molecule has 0 aliphatic heterocycles. The number of hydrogen-bond donors (Lipinski definition) is 2. The van der Waals surface area contributed by atoms with Gasteiger partial charge in [-0.25, -0.2) is 4.79 Å². The third kappa shape index (κ3) is 5.02. The quantitative estimate of drug-likeness (QED) is 0.447. The maximum absolute atomic E-state index is 11.8. The highest BCUT2D eigenvalue weighted by Crippen LogP contribution is 2.17. The summed E-state index contributed by atoms with van der Waals surface area (Å²) in [5, 5.41) is 6.24. The highest BCUT2D eigenvalue weighted by atomic mass is 32.2. The zero-order valence-corrected chi connectivity index (χ0v) is 14.3. The second kappa shape index (κ2) is 8.39. The van der Waals surface area contributed by atoms with E-state index in [2.05, 4.69) is 15.0 Å². The molecule has 8 heteroatoms. The fourth-order valence-corrected chi connectivity index (χ4v) is 2.65. The highest BCUT2D eigenvalue weighted by Gasteiger charge is 2.20. The van der Waals surface area contributed by atoms with E-state index in [1.807, 2.05) is 31.2 Å². The molecule has 2 rings (SSSR count). The van der Waals surface area contributed by atoms with Crippen molar-refractivity contribution in [2.24, 2.45) is 0 Å². The fraction of sp³-hybridized carbons (Fsp3) is 0.312. The van der Waals surface area contributed by atoms with Gasteiger partial charge in [-0.1, -0.05) is 22.9 Å². The van der Waals surface area contributed by atoms with Crippen LogP contribution < -0.4 is 11.1 Å². The Hall–Kier alpha value is -2.48. The van der Waals surface area contributed by atoms with E-state index in [-0.39, 0.29) is 24.0 Å². The van der Waals surface area contributed by atoms with Crippen LogP contribution in [0.3, 0.4) is 0 Å². The molecule has 0 atom stereocenters. The summed E-state index contributed by atoms with van der Waals surface area (Å²) in [5.41, 5.74) is 7.06. The van der Waals surface area contributed by atoms with Crippen LogP contribution in [0.2, 0.25) is 0 Å². The molecule has 3 N–H and O–H groups in total. The van der Waals surface area contributed by atoms with Crippen molar-refractivity contribution in [3.05, 3.63) is 41.1 Å². The lowest BCUT2D eigenvalue weighted by molar-refractivity contribution is -0.124. The Kier molecular flexibility index (Phi) is 6.25. The van der Waals surface area contributed by atoms with Crippen molar-refractivity contribution in [1.29, 1.82) is 0 Å². The van der Waals surface area contributed by atoms with Crippen molar-refractivity contribution >= 4 is 29.5 Å². The third-order valence-corrected chi connectivity index (χ3v) is 4.16. The van der Waals surface area contributed by atoms with Crippen molar-refractivity contribution < 1.29 is 18.8 Å². The SMILES string of the molecule is Cc1ccc(SCCNC(=O)COC(=O)c2c(C)noc2N)cc1. The Balaban J connectivity index is 1.66.